The number of rotatable bonds is 2. The number of amides is 1. The molecule has 24 heavy (non-hydrogen) atoms. The van der Waals surface area contributed by atoms with Crippen LogP contribution in [-0.4, -0.2) is 32.3 Å². The van der Waals surface area contributed by atoms with E-state index in [0.717, 1.165) is 42.7 Å². The fourth-order valence-electron chi connectivity index (χ4n) is 3.42. The van der Waals surface area contributed by atoms with E-state index in [1.807, 2.05) is 11.0 Å². The summed E-state index contributed by atoms with van der Waals surface area (Å²) in [6.45, 7) is 2.84. The summed E-state index contributed by atoms with van der Waals surface area (Å²) in [5, 5.41) is 0. The van der Waals surface area contributed by atoms with Gasteiger partial charge in [-0.05, 0) is 56.0 Å². The quantitative estimate of drug-likeness (QED) is 0.784. The van der Waals surface area contributed by atoms with Crippen LogP contribution in [0.4, 0.5) is 0 Å². The SMILES string of the molecule is Cc1ccc2nc(C3CCCCN3C(=O)c3ccncc3)[nH]c2c1. The number of carbonyl (C=O) groups is 1. The molecule has 1 fully saturated rings. The van der Waals surface area contributed by atoms with Crippen LogP contribution in [0.5, 0.6) is 0 Å². The minimum atomic E-state index is 0.00659. The maximum Gasteiger partial charge on any atom is 0.254 e. The molecule has 122 valence electrons. The average Bonchev–Trinajstić information content (AvgIpc) is 3.05. The van der Waals surface area contributed by atoms with E-state index in [0.29, 0.717) is 5.56 Å². The molecule has 1 amide bonds. The van der Waals surface area contributed by atoms with Crippen molar-refractivity contribution >= 4 is 16.9 Å². The third-order valence-electron chi connectivity index (χ3n) is 4.66. The van der Waals surface area contributed by atoms with Gasteiger partial charge in [0.05, 0.1) is 17.1 Å². The molecule has 1 unspecified atom stereocenters. The number of H-pyrrole nitrogens is 1. The van der Waals surface area contributed by atoms with Crippen LogP contribution in [0.3, 0.4) is 0 Å². The lowest BCUT2D eigenvalue weighted by molar-refractivity contribution is 0.0601. The number of pyridine rings is 1. The molecule has 0 aliphatic carbocycles. The number of imidazole rings is 1. The standard InChI is InChI=1S/C19H20N4O/c1-13-5-6-15-16(12-13)22-18(21-15)17-4-2-3-11-23(17)19(24)14-7-9-20-10-8-14/h5-10,12,17H,2-4,11H2,1H3,(H,21,22). The smallest absolute Gasteiger partial charge is 0.254 e. The second-order valence-electron chi connectivity index (χ2n) is 6.39. The molecule has 5 heteroatoms. The zero-order valence-electron chi connectivity index (χ0n) is 13.7. The van der Waals surface area contributed by atoms with Crippen LogP contribution in [0.2, 0.25) is 0 Å². The monoisotopic (exact) mass is 320 g/mol. The molecule has 1 aliphatic rings. The van der Waals surface area contributed by atoms with Crippen molar-refractivity contribution in [2.24, 2.45) is 0 Å². The number of aryl methyl sites for hydroxylation is 1. The topological polar surface area (TPSA) is 61.9 Å². The molecular formula is C19H20N4O. The van der Waals surface area contributed by atoms with Crippen molar-refractivity contribution in [3.05, 3.63) is 59.7 Å². The first kappa shape index (κ1) is 14.9. The zero-order chi connectivity index (χ0) is 16.5. The Morgan fingerprint density at radius 1 is 1.21 bits per heavy atom. The summed E-state index contributed by atoms with van der Waals surface area (Å²) in [5.41, 5.74) is 3.87. The first-order valence-electron chi connectivity index (χ1n) is 8.39. The second-order valence-corrected chi connectivity index (χ2v) is 6.39. The van der Waals surface area contributed by atoms with Crippen molar-refractivity contribution in [2.75, 3.05) is 6.54 Å². The molecule has 0 saturated carbocycles. The Hall–Kier alpha value is -2.69. The van der Waals surface area contributed by atoms with Crippen LogP contribution in [0.1, 0.15) is 47.1 Å². The second kappa shape index (κ2) is 6.07. The molecule has 0 spiro atoms. The number of aromatic nitrogens is 3. The van der Waals surface area contributed by atoms with E-state index in [2.05, 4.69) is 29.0 Å². The van der Waals surface area contributed by atoms with Gasteiger partial charge in [0.25, 0.3) is 5.91 Å². The van der Waals surface area contributed by atoms with Crippen LogP contribution in [-0.2, 0) is 0 Å². The fourth-order valence-corrected chi connectivity index (χ4v) is 3.42. The van der Waals surface area contributed by atoms with Crippen molar-refractivity contribution in [1.29, 1.82) is 0 Å². The molecule has 1 N–H and O–H groups in total. The highest BCUT2D eigenvalue weighted by atomic mass is 16.2. The predicted octanol–water partition coefficient (Wildman–Crippen LogP) is 3.63. The third-order valence-corrected chi connectivity index (χ3v) is 4.66. The van der Waals surface area contributed by atoms with Gasteiger partial charge in [-0.2, -0.15) is 0 Å². The van der Waals surface area contributed by atoms with Crippen molar-refractivity contribution in [3.63, 3.8) is 0 Å². The van der Waals surface area contributed by atoms with Gasteiger partial charge in [0, 0.05) is 24.5 Å². The highest BCUT2D eigenvalue weighted by Gasteiger charge is 2.30. The van der Waals surface area contributed by atoms with E-state index in [1.54, 1.807) is 24.5 Å². The molecule has 2 aromatic heterocycles. The number of fused-ring (bicyclic) bond motifs is 1. The molecular weight excluding hydrogens is 300 g/mol. The van der Waals surface area contributed by atoms with Gasteiger partial charge >= 0.3 is 0 Å². The Labute approximate surface area is 140 Å². The fraction of sp³-hybridized carbons (Fsp3) is 0.316. The van der Waals surface area contributed by atoms with Gasteiger partial charge in [0.2, 0.25) is 0 Å². The third kappa shape index (κ3) is 2.66. The van der Waals surface area contributed by atoms with E-state index in [9.17, 15) is 4.79 Å². The lowest BCUT2D eigenvalue weighted by atomic mass is 10.0. The minimum absolute atomic E-state index is 0.00659. The van der Waals surface area contributed by atoms with Gasteiger partial charge in [0.1, 0.15) is 5.82 Å². The Kier molecular flexibility index (Phi) is 3.76. The lowest BCUT2D eigenvalue weighted by Gasteiger charge is -2.34. The molecule has 1 saturated heterocycles. The van der Waals surface area contributed by atoms with Gasteiger partial charge in [-0.25, -0.2) is 4.98 Å². The van der Waals surface area contributed by atoms with Crippen LogP contribution in [0.15, 0.2) is 42.7 Å². The van der Waals surface area contributed by atoms with E-state index in [-0.39, 0.29) is 11.9 Å². The van der Waals surface area contributed by atoms with E-state index < -0.39 is 0 Å². The summed E-state index contributed by atoms with van der Waals surface area (Å²) in [4.78, 5) is 27.0. The summed E-state index contributed by atoms with van der Waals surface area (Å²) in [7, 11) is 0. The summed E-state index contributed by atoms with van der Waals surface area (Å²) >= 11 is 0. The van der Waals surface area contributed by atoms with Gasteiger partial charge in [-0.3, -0.25) is 9.78 Å². The molecule has 1 aliphatic heterocycles. The maximum atomic E-state index is 12.9. The van der Waals surface area contributed by atoms with Crippen LogP contribution >= 0.6 is 0 Å². The molecule has 3 aromatic rings. The summed E-state index contributed by atoms with van der Waals surface area (Å²) < 4.78 is 0. The number of nitrogens with one attached hydrogen (secondary N) is 1. The van der Waals surface area contributed by atoms with Gasteiger partial charge < -0.3 is 9.88 Å². The maximum absolute atomic E-state index is 12.9. The zero-order valence-corrected chi connectivity index (χ0v) is 13.7. The molecule has 0 radical (unpaired) electrons. The summed E-state index contributed by atoms with van der Waals surface area (Å²) in [6, 6.07) is 9.75. The average molecular weight is 320 g/mol. The molecule has 5 nitrogen and oxygen atoms in total. The number of benzene rings is 1. The van der Waals surface area contributed by atoms with E-state index in [1.165, 1.54) is 5.56 Å². The van der Waals surface area contributed by atoms with E-state index >= 15 is 0 Å². The number of nitrogens with zero attached hydrogens (tertiary/aromatic N) is 3. The summed E-state index contributed by atoms with van der Waals surface area (Å²) in [6.07, 6.45) is 6.41. The largest absolute Gasteiger partial charge is 0.340 e. The van der Waals surface area contributed by atoms with Crippen LogP contribution in [0, 0.1) is 6.92 Å². The Morgan fingerprint density at radius 2 is 2.04 bits per heavy atom. The minimum Gasteiger partial charge on any atom is -0.340 e. The predicted molar refractivity (Wildman–Crippen MR) is 92.7 cm³/mol. The Morgan fingerprint density at radius 3 is 2.88 bits per heavy atom. The van der Waals surface area contributed by atoms with Gasteiger partial charge in [-0.15, -0.1) is 0 Å². The highest BCUT2D eigenvalue weighted by Crippen LogP contribution is 2.31. The van der Waals surface area contributed by atoms with Crippen molar-refractivity contribution in [3.8, 4) is 0 Å². The number of carbonyl (C=O) groups excluding carboxylic acids is 1. The highest BCUT2D eigenvalue weighted by molar-refractivity contribution is 5.94. The molecule has 0 bridgehead atoms. The molecule has 1 atom stereocenters. The number of likely N-dealkylation sites (tertiary alicyclic amines) is 1. The van der Waals surface area contributed by atoms with Crippen LogP contribution in [0.25, 0.3) is 11.0 Å². The number of hydrogen-bond donors (Lipinski definition) is 1. The molecule has 1 aromatic carbocycles. The lowest BCUT2D eigenvalue weighted by Crippen LogP contribution is -2.39. The van der Waals surface area contributed by atoms with Crippen molar-refractivity contribution < 1.29 is 4.79 Å². The number of hydrogen-bond acceptors (Lipinski definition) is 3. The van der Waals surface area contributed by atoms with Gasteiger partial charge in [0.15, 0.2) is 0 Å². The Bertz CT molecular complexity index is 871. The first-order valence-corrected chi connectivity index (χ1v) is 8.39. The first-order chi connectivity index (χ1) is 11.7. The van der Waals surface area contributed by atoms with E-state index in [4.69, 9.17) is 4.98 Å². The van der Waals surface area contributed by atoms with Crippen LogP contribution < -0.4 is 0 Å². The van der Waals surface area contributed by atoms with Crippen molar-refractivity contribution in [1.82, 2.24) is 19.9 Å². The Balaban J connectivity index is 1.69. The summed E-state index contributed by atoms with van der Waals surface area (Å²) in [5.74, 6) is 0.941. The van der Waals surface area contributed by atoms with Crippen molar-refractivity contribution in [2.45, 2.75) is 32.2 Å². The number of aromatic amines is 1. The molecule has 3 heterocycles. The number of piperidine rings is 1. The van der Waals surface area contributed by atoms with Gasteiger partial charge in [-0.1, -0.05) is 6.07 Å². The normalized spacial score (nSPS) is 18.0. The molecule has 4 rings (SSSR count).